The van der Waals surface area contributed by atoms with Gasteiger partial charge < -0.3 is 5.11 Å². The smallest absolute Gasteiger partial charge is 0.254 e. The third-order valence-corrected chi connectivity index (χ3v) is 3.98. The molecule has 0 aromatic carbocycles. The molecule has 0 saturated carbocycles. The number of allylic oxidation sites excluding steroid dienone is 6. The zero-order valence-electron chi connectivity index (χ0n) is 13.3. The summed E-state index contributed by atoms with van der Waals surface area (Å²) in [6, 6.07) is 1.61. The van der Waals surface area contributed by atoms with Crippen LogP contribution in [0.15, 0.2) is 47.1 Å². The number of rotatable bonds is 6. The van der Waals surface area contributed by atoms with Crippen LogP contribution in [0, 0.1) is 0 Å². The number of aromatic nitrogens is 2. The summed E-state index contributed by atoms with van der Waals surface area (Å²) in [5.41, 5.74) is 2.82. The first-order chi connectivity index (χ1) is 10.7. The van der Waals surface area contributed by atoms with E-state index in [1.54, 1.807) is 17.0 Å². The number of nitrogens with zero attached hydrogens (tertiary/aromatic N) is 2. The van der Waals surface area contributed by atoms with Gasteiger partial charge in [0.1, 0.15) is 0 Å². The first kappa shape index (κ1) is 16.4. The van der Waals surface area contributed by atoms with E-state index < -0.39 is 0 Å². The van der Waals surface area contributed by atoms with Gasteiger partial charge in [-0.1, -0.05) is 31.2 Å². The fraction of sp³-hybridized carbons (Fsp3) is 0.444. The van der Waals surface area contributed by atoms with Crippen LogP contribution < -0.4 is 5.56 Å². The van der Waals surface area contributed by atoms with Crippen molar-refractivity contribution < 1.29 is 5.11 Å². The molecule has 1 unspecified atom stereocenters. The van der Waals surface area contributed by atoms with E-state index in [4.69, 9.17) is 5.11 Å². The van der Waals surface area contributed by atoms with Gasteiger partial charge in [0.15, 0.2) is 0 Å². The molecule has 0 saturated heterocycles. The van der Waals surface area contributed by atoms with Crippen molar-refractivity contribution in [2.45, 2.75) is 45.6 Å². The zero-order chi connectivity index (χ0) is 15.9. The van der Waals surface area contributed by atoms with Crippen LogP contribution in [0.1, 0.15) is 51.3 Å². The van der Waals surface area contributed by atoms with Crippen molar-refractivity contribution in [3.05, 3.63) is 58.3 Å². The topological polar surface area (TPSA) is 55.1 Å². The van der Waals surface area contributed by atoms with Crippen LogP contribution in [-0.4, -0.2) is 21.3 Å². The van der Waals surface area contributed by atoms with E-state index in [-0.39, 0.29) is 18.2 Å². The third-order valence-electron chi connectivity index (χ3n) is 3.98. The minimum atomic E-state index is -0.0587. The minimum Gasteiger partial charge on any atom is -0.396 e. The van der Waals surface area contributed by atoms with Crippen molar-refractivity contribution in [1.29, 1.82) is 0 Å². The van der Waals surface area contributed by atoms with Gasteiger partial charge in [-0.3, -0.25) is 9.36 Å². The van der Waals surface area contributed by atoms with E-state index in [1.165, 1.54) is 0 Å². The second-order valence-corrected chi connectivity index (χ2v) is 5.45. The fourth-order valence-corrected chi connectivity index (χ4v) is 2.80. The maximum absolute atomic E-state index is 12.4. The maximum Gasteiger partial charge on any atom is 0.254 e. The van der Waals surface area contributed by atoms with Crippen molar-refractivity contribution in [3.63, 3.8) is 0 Å². The van der Waals surface area contributed by atoms with E-state index in [9.17, 15) is 4.79 Å². The van der Waals surface area contributed by atoms with Crippen LogP contribution in [0.3, 0.4) is 0 Å². The van der Waals surface area contributed by atoms with Crippen LogP contribution in [0.5, 0.6) is 0 Å². The second kappa shape index (κ2) is 7.90. The first-order valence-corrected chi connectivity index (χ1v) is 7.94. The summed E-state index contributed by atoms with van der Waals surface area (Å²) >= 11 is 0. The lowest BCUT2D eigenvalue weighted by atomic mass is 9.95. The molecule has 0 aliphatic heterocycles. The predicted octanol–water partition coefficient (Wildman–Crippen LogP) is 3.26. The Balaban J connectivity index is 2.35. The van der Waals surface area contributed by atoms with E-state index in [1.807, 2.05) is 19.9 Å². The van der Waals surface area contributed by atoms with E-state index >= 15 is 0 Å². The average molecular weight is 300 g/mol. The SMILES string of the molecule is C/C=C\C1=CCCC=C1c1cc(=O)n(C(CC)CCO)cn1. The molecule has 1 heterocycles. The van der Waals surface area contributed by atoms with E-state index in [0.29, 0.717) is 6.42 Å². The zero-order valence-corrected chi connectivity index (χ0v) is 13.3. The Kier molecular flexibility index (Phi) is 5.90. The van der Waals surface area contributed by atoms with Gasteiger partial charge in [-0.15, -0.1) is 0 Å². The molecule has 1 aliphatic rings. The molecule has 4 heteroatoms. The summed E-state index contributed by atoms with van der Waals surface area (Å²) in [5, 5.41) is 9.11. The van der Waals surface area contributed by atoms with E-state index in [0.717, 1.165) is 36.1 Å². The van der Waals surface area contributed by atoms with Gasteiger partial charge in [0.25, 0.3) is 5.56 Å². The molecule has 1 aromatic heterocycles. The normalized spacial score (nSPS) is 16.5. The molecular formula is C18H24N2O2. The molecule has 118 valence electrons. The molecule has 0 spiro atoms. The highest BCUT2D eigenvalue weighted by atomic mass is 16.3. The summed E-state index contributed by atoms with van der Waals surface area (Å²) in [4.78, 5) is 16.9. The van der Waals surface area contributed by atoms with Gasteiger partial charge in [-0.25, -0.2) is 4.98 Å². The molecule has 0 bridgehead atoms. The second-order valence-electron chi connectivity index (χ2n) is 5.45. The molecule has 1 N–H and O–H groups in total. The summed E-state index contributed by atoms with van der Waals surface area (Å²) in [6.45, 7) is 4.07. The lowest BCUT2D eigenvalue weighted by Gasteiger charge is -2.18. The Hall–Kier alpha value is -1.94. The summed E-state index contributed by atoms with van der Waals surface area (Å²) < 4.78 is 1.63. The summed E-state index contributed by atoms with van der Waals surface area (Å²) in [6.07, 6.45) is 13.4. The van der Waals surface area contributed by atoms with Gasteiger partial charge in [0.2, 0.25) is 0 Å². The van der Waals surface area contributed by atoms with Gasteiger partial charge in [-0.2, -0.15) is 0 Å². The van der Waals surface area contributed by atoms with Crippen molar-refractivity contribution in [3.8, 4) is 0 Å². The van der Waals surface area contributed by atoms with Crippen LogP contribution >= 0.6 is 0 Å². The van der Waals surface area contributed by atoms with Gasteiger partial charge >= 0.3 is 0 Å². The van der Waals surface area contributed by atoms with Crippen molar-refractivity contribution >= 4 is 5.57 Å². The Morgan fingerprint density at radius 3 is 2.82 bits per heavy atom. The van der Waals surface area contributed by atoms with Gasteiger partial charge in [0.05, 0.1) is 12.0 Å². The molecule has 1 atom stereocenters. The number of hydrogen-bond acceptors (Lipinski definition) is 3. The Bertz CT molecular complexity index is 653. The predicted molar refractivity (Wildman–Crippen MR) is 89.6 cm³/mol. The lowest BCUT2D eigenvalue weighted by molar-refractivity contribution is 0.252. The van der Waals surface area contributed by atoms with Crippen LogP contribution in [0.2, 0.25) is 0 Å². The Morgan fingerprint density at radius 1 is 1.41 bits per heavy atom. The number of aliphatic hydroxyl groups excluding tert-OH is 1. The van der Waals surface area contributed by atoms with E-state index in [2.05, 4.69) is 23.2 Å². The fourth-order valence-electron chi connectivity index (χ4n) is 2.80. The first-order valence-electron chi connectivity index (χ1n) is 7.94. The minimum absolute atomic E-state index is 0.00457. The van der Waals surface area contributed by atoms with Gasteiger partial charge in [0, 0.05) is 24.3 Å². The summed E-state index contributed by atoms with van der Waals surface area (Å²) in [5.74, 6) is 0. The molecule has 2 rings (SSSR count). The molecule has 4 nitrogen and oxygen atoms in total. The molecule has 22 heavy (non-hydrogen) atoms. The monoisotopic (exact) mass is 300 g/mol. The third kappa shape index (κ3) is 3.63. The van der Waals surface area contributed by atoms with Gasteiger partial charge in [-0.05, 0) is 38.2 Å². The molecule has 0 fully saturated rings. The average Bonchev–Trinajstić information content (AvgIpc) is 2.54. The summed E-state index contributed by atoms with van der Waals surface area (Å²) in [7, 11) is 0. The van der Waals surface area contributed by atoms with Crippen LogP contribution in [-0.2, 0) is 0 Å². The highest BCUT2D eigenvalue weighted by Crippen LogP contribution is 2.27. The van der Waals surface area contributed by atoms with Crippen molar-refractivity contribution in [2.75, 3.05) is 6.61 Å². The number of hydrogen-bond donors (Lipinski definition) is 1. The molecule has 1 aliphatic carbocycles. The highest BCUT2D eigenvalue weighted by Gasteiger charge is 2.14. The van der Waals surface area contributed by atoms with Crippen molar-refractivity contribution in [2.24, 2.45) is 0 Å². The number of aliphatic hydroxyl groups is 1. The Morgan fingerprint density at radius 2 is 2.18 bits per heavy atom. The maximum atomic E-state index is 12.4. The molecule has 1 aromatic rings. The highest BCUT2D eigenvalue weighted by molar-refractivity contribution is 5.80. The lowest BCUT2D eigenvalue weighted by Crippen LogP contribution is -2.25. The quantitative estimate of drug-likeness (QED) is 0.877. The standard InChI is InChI=1S/C18H24N2O2/c1-3-7-14-8-5-6-9-16(14)17-12-18(22)20(13-19-17)15(4-2)10-11-21/h3,7-9,12-13,15,21H,4-6,10-11H2,1-2H3/b7-3-. The van der Waals surface area contributed by atoms with Crippen LogP contribution in [0.4, 0.5) is 0 Å². The van der Waals surface area contributed by atoms with Crippen molar-refractivity contribution in [1.82, 2.24) is 9.55 Å². The van der Waals surface area contributed by atoms with Crippen LogP contribution in [0.25, 0.3) is 5.57 Å². The largest absolute Gasteiger partial charge is 0.396 e. The molecular weight excluding hydrogens is 276 g/mol. The molecule has 0 radical (unpaired) electrons. The molecule has 0 amide bonds. The Labute approximate surface area is 131 Å².